The van der Waals surface area contributed by atoms with E-state index in [1.807, 2.05) is 36.1 Å². The quantitative estimate of drug-likeness (QED) is 0.893. The second-order valence-electron chi connectivity index (χ2n) is 6.06. The SMILES string of the molecule is Cc1ccccc1N1CC(C)(C2CCNC2)OCC1=O. The van der Waals surface area contributed by atoms with Crippen LogP contribution in [0.5, 0.6) is 0 Å². The molecule has 1 N–H and O–H groups in total. The van der Waals surface area contributed by atoms with Crippen molar-refractivity contribution in [2.45, 2.75) is 25.9 Å². The molecule has 3 rings (SSSR count). The number of hydrogen-bond acceptors (Lipinski definition) is 3. The zero-order chi connectivity index (χ0) is 14.2. The van der Waals surface area contributed by atoms with Crippen molar-refractivity contribution in [2.75, 3.05) is 31.1 Å². The van der Waals surface area contributed by atoms with Gasteiger partial charge in [-0.1, -0.05) is 18.2 Å². The number of benzene rings is 1. The molecule has 2 fully saturated rings. The summed E-state index contributed by atoms with van der Waals surface area (Å²) in [4.78, 5) is 14.1. The highest BCUT2D eigenvalue weighted by atomic mass is 16.5. The summed E-state index contributed by atoms with van der Waals surface area (Å²) in [5.41, 5.74) is 1.90. The third-order valence-electron chi connectivity index (χ3n) is 4.63. The van der Waals surface area contributed by atoms with Crippen molar-refractivity contribution in [1.29, 1.82) is 0 Å². The van der Waals surface area contributed by atoms with E-state index >= 15 is 0 Å². The fourth-order valence-corrected chi connectivity index (χ4v) is 3.26. The number of ether oxygens (including phenoxy) is 1. The van der Waals surface area contributed by atoms with Crippen molar-refractivity contribution in [3.63, 3.8) is 0 Å². The van der Waals surface area contributed by atoms with Crippen LogP contribution in [0.25, 0.3) is 0 Å². The van der Waals surface area contributed by atoms with Crippen LogP contribution in [-0.4, -0.2) is 37.7 Å². The van der Waals surface area contributed by atoms with Crippen molar-refractivity contribution in [1.82, 2.24) is 5.32 Å². The van der Waals surface area contributed by atoms with Gasteiger partial charge in [-0.2, -0.15) is 0 Å². The Balaban J connectivity index is 1.87. The van der Waals surface area contributed by atoms with Crippen LogP contribution in [-0.2, 0) is 9.53 Å². The third-order valence-corrected chi connectivity index (χ3v) is 4.63. The Morgan fingerprint density at radius 1 is 1.40 bits per heavy atom. The lowest BCUT2D eigenvalue weighted by Crippen LogP contribution is -2.57. The van der Waals surface area contributed by atoms with Crippen LogP contribution in [0.15, 0.2) is 24.3 Å². The van der Waals surface area contributed by atoms with Crippen molar-refractivity contribution < 1.29 is 9.53 Å². The van der Waals surface area contributed by atoms with E-state index in [2.05, 4.69) is 12.2 Å². The number of aryl methyl sites for hydroxylation is 1. The maximum atomic E-state index is 12.2. The Kier molecular flexibility index (Phi) is 3.52. The van der Waals surface area contributed by atoms with Crippen LogP contribution in [0.3, 0.4) is 0 Å². The molecule has 2 saturated heterocycles. The van der Waals surface area contributed by atoms with Crippen molar-refractivity contribution >= 4 is 11.6 Å². The summed E-state index contributed by atoms with van der Waals surface area (Å²) in [6.45, 7) is 7.04. The largest absolute Gasteiger partial charge is 0.363 e. The monoisotopic (exact) mass is 274 g/mol. The number of nitrogens with zero attached hydrogens (tertiary/aromatic N) is 1. The second-order valence-corrected chi connectivity index (χ2v) is 6.06. The molecule has 0 spiro atoms. The Morgan fingerprint density at radius 2 is 2.20 bits per heavy atom. The highest BCUT2D eigenvalue weighted by molar-refractivity contribution is 5.95. The lowest BCUT2D eigenvalue weighted by atomic mass is 9.86. The molecule has 20 heavy (non-hydrogen) atoms. The molecular weight excluding hydrogens is 252 g/mol. The third kappa shape index (κ3) is 2.34. The highest BCUT2D eigenvalue weighted by Gasteiger charge is 2.43. The lowest BCUT2D eigenvalue weighted by molar-refractivity contribution is -0.142. The van der Waals surface area contributed by atoms with Gasteiger partial charge in [0.15, 0.2) is 0 Å². The van der Waals surface area contributed by atoms with Crippen LogP contribution in [0.1, 0.15) is 18.9 Å². The summed E-state index contributed by atoms with van der Waals surface area (Å²) in [7, 11) is 0. The number of carbonyl (C=O) groups excluding carboxylic acids is 1. The molecule has 2 unspecified atom stereocenters. The van der Waals surface area contributed by atoms with Crippen LogP contribution < -0.4 is 10.2 Å². The summed E-state index contributed by atoms with van der Waals surface area (Å²) in [5, 5.41) is 3.39. The minimum Gasteiger partial charge on any atom is -0.363 e. The lowest BCUT2D eigenvalue weighted by Gasteiger charge is -2.43. The standard InChI is InChI=1S/C16H22N2O2/c1-12-5-3-4-6-14(12)18-11-16(2,20-10-15(18)19)13-7-8-17-9-13/h3-6,13,17H,7-11H2,1-2H3. The maximum absolute atomic E-state index is 12.2. The van der Waals surface area contributed by atoms with Gasteiger partial charge in [0.05, 0.1) is 12.1 Å². The van der Waals surface area contributed by atoms with E-state index in [1.165, 1.54) is 0 Å². The minimum absolute atomic E-state index is 0.0581. The molecule has 0 radical (unpaired) electrons. The van der Waals surface area contributed by atoms with Crippen LogP contribution in [0.4, 0.5) is 5.69 Å². The van der Waals surface area contributed by atoms with Gasteiger partial charge < -0.3 is 15.0 Å². The molecule has 4 nitrogen and oxygen atoms in total. The summed E-state index contributed by atoms with van der Waals surface area (Å²) in [5.74, 6) is 0.532. The first kappa shape index (κ1) is 13.6. The van der Waals surface area contributed by atoms with Crippen molar-refractivity contribution in [3.8, 4) is 0 Å². The molecule has 0 aromatic heterocycles. The van der Waals surface area contributed by atoms with Gasteiger partial charge in [-0.15, -0.1) is 0 Å². The number of rotatable bonds is 2. The minimum atomic E-state index is -0.250. The Hall–Kier alpha value is -1.39. The molecule has 2 heterocycles. The first-order chi connectivity index (χ1) is 9.60. The predicted molar refractivity (Wildman–Crippen MR) is 78.9 cm³/mol. The zero-order valence-corrected chi connectivity index (χ0v) is 12.2. The number of carbonyl (C=O) groups is 1. The fraction of sp³-hybridized carbons (Fsp3) is 0.562. The first-order valence-corrected chi connectivity index (χ1v) is 7.31. The van der Waals surface area contributed by atoms with Gasteiger partial charge >= 0.3 is 0 Å². The van der Waals surface area contributed by atoms with E-state index < -0.39 is 0 Å². The Labute approximate surface area is 120 Å². The predicted octanol–water partition coefficient (Wildman–Crippen LogP) is 1.73. The number of amides is 1. The molecule has 0 bridgehead atoms. The van der Waals surface area contributed by atoms with Crippen LogP contribution in [0.2, 0.25) is 0 Å². The van der Waals surface area contributed by atoms with Crippen molar-refractivity contribution in [3.05, 3.63) is 29.8 Å². The number of morpholine rings is 1. The van der Waals surface area contributed by atoms with E-state index in [0.717, 1.165) is 30.8 Å². The molecule has 0 aliphatic carbocycles. The Bertz CT molecular complexity index is 511. The van der Waals surface area contributed by atoms with E-state index in [4.69, 9.17) is 4.74 Å². The van der Waals surface area contributed by atoms with E-state index in [1.54, 1.807) is 0 Å². The molecule has 1 amide bonds. The van der Waals surface area contributed by atoms with Crippen LogP contribution in [0, 0.1) is 12.8 Å². The summed E-state index contributed by atoms with van der Waals surface area (Å²) in [6.07, 6.45) is 1.12. The molecule has 1 aromatic rings. The number of hydrogen-bond donors (Lipinski definition) is 1. The molecule has 2 aliphatic rings. The topological polar surface area (TPSA) is 41.6 Å². The molecule has 1 aromatic carbocycles. The summed E-state index contributed by atoms with van der Waals surface area (Å²) in [6, 6.07) is 8.06. The number of anilines is 1. The molecule has 2 atom stereocenters. The smallest absolute Gasteiger partial charge is 0.253 e. The first-order valence-electron chi connectivity index (χ1n) is 7.31. The second kappa shape index (κ2) is 5.19. The van der Waals surface area contributed by atoms with E-state index in [0.29, 0.717) is 12.5 Å². The van der Waals surface area contributed by atoms with Gasteiger partial charge in [0.1, 0.15) is 6.61 Å². The number of nitrogens with one attached hydrogen (secondary N) is 1. The average molecular weight is 274 g/mol. The molecule has 2 aliphatic heterocycles. The highest BCUT2D eigenvalue weighted by Crippen LogP contribution is 2.33. The molecule has 4 heteroatoms. The molecular formula is C16H22N2O2. The number of para-hydroxylation sites is 1. The van der Waals surface area contributed by atoms with Crippen LogP contribution >= 0.6 is 0 Å². The summed E-state index contributed by atoms with van der Waals surface area (Å²) < 4.78 is 5.92. The molecule has 108 valence electrons. The van der Waals surface area contributed by atoms with E-state index in [-0.39, 0.29) is 18.1 Å². The molecule has 0 saturated carbocycles. The van der Waals surface area contributed by atoms with Gasteiger partial charge in [0, 0.05) is 18.2 Å². The average Bonchev–Trinajstić information content (AvgIpc) is 2.97. The normalized spacial score (nSPS) is 30.8. The van der Waals surface area contributed by atoms with Gasteiger partial charge in [0.25, 0.3) is 5.91 Å². The fourth-order valence-electron chi connectivity index (χ4n) is 3.26. The Morgan fingerprint density at radius 3 is 2.90 bits per heavy atom. The van der Waals surface area contributed by atoms with Crippen molar-refractivity contribution in [2.24, 2.45) is 5.92 Å². The maximum Gasteiger partial charge on any atom is 0.253 e. The zero-order valence-electron chi connectivity index (χ0n) is 12.2. The van der Waals surface area contributed by atoms with Gasteiger partial charge in [0.2, 0.25) is 0 Å². The van der Waals surface area contributed by atoms with Gasteiger partial charge in [-0.25, -0.2) is 0 Å². The van der Waals surface area contributed by atoms with Gasteiger partial charge in [-0.05, 0) is 38.4 Å². The van der Waals surface area contributed by atoms with E-state index in [9.17, 15) is 4.79 Å². The van der Waals surface area contributed by atoms with Gasteiger partial charge in [-0.3, -0.25) is 4.79 Å². The summed E-state index contributed by atoms with van der Waals surface area (Å²) >= 11 is 0.